The Morgan fingerprint density at radius 1 is 0.667 bits per heavy atom. The molecule has 2 aromatic carbocycles. The SMILES string of the molecule is O=C(O)c1ccc(-c2ccccc2)c(OCCCCCCCCCCCCCCCCO)c1. The van der Waals surface area contributed by atoms with Crippen molar-refractivity contribution in [1.29, 1.82) is 0 Å². The van der Waals surface area contributed by atoms with E-state index in [4.69, 9.17) is 9.84 Å². The molecular weight excluding hydrogens is 412 g/mol. The average molecular weight is 455 g/mol. The normalized spacial score (nSPS) is 10.9. The summed E-state index contributed by atoms with van der Waals surface area (Å²) in [5.41, 5.74) is 2.23. The number of aliphatic hydroxyl groups excluding tert-OH is 1. The molecule has 0 bridgehead atoms. The summed E-state index contributed by atoms with van der Waals surface area (Å²) in [5, 5.41) is 18.1. The Morgan fingerprint density at radius 3 is 1.70 bits per heavy atom. The molecule has 0 saturated carbocycles. The van der Waals surface area contributed by atoms with Crippen LogP contribution in [-0.4, -0.2) is 29.4 Å². The van der Waals surface area contributed by atoms with Gasteiger partial charge in [-0.25, -0.2) is 4.79 Å². The van der Waals surface area contributed by atoms with E-state index in [0.29, 0.717) is 19.0 Å². The summed E-state index contributed by atoms with van der Waals surface area (Å²) in [4.78, 5) is 11.4. The Labute approximate surface area is 200 Å². The number of benzene rings is 2. The first-order valence-electron chi connectivity index (χ1n) is 12.9. The molecule has 0 heterocycles. The highest BCUT2D eigenvalue weighted by atomic mass is 16.5. The first-order valence-corrected chi connectivity index (χ1v) is 12.9. The molecule has 0 amide bonds. The molecule has 2 aromatic rings. The van der Waals surface area contributed by atoms with Gasteiger partial charge in [0.15, 0.2) is 0 Å². The maximum Gasteiger partial charge on any atom is 0.335 e. The second kappa shape index (κ2) is 17.2. The van der Waals surface area contributed by atoms with Gasteiger partial charge in [-0.2, -0.15) is 0 Å². The van der Waals surface area contributed by atoms with Gasteiger partial charge in [-0.3, -0.25) is 0 Å². The third-order valence-corrected chi connectivity index (χ3v) is 6.12. The average Bonchev–Trinajstić information content (AvgIpc) is 2.84. The zero-order chi connectivity index (χ0) is 23.6. The summed E-state index contributed by atoms with van der Waals surface area (Å²) in [5.74, 6) is -0.285. The summed E-state index contributed by atoms with van der Waals surface area (Å²) in [6.45, 7) is 0.948. The Bertz CT molecular complexity index is 772. The number of carbonyl (C=O) groups is 1. The third-order valence-electron chi connectivity index (χ3n) is 6.12. The van der Waals surface area contributed by atoms with E-state index in [2.05, 4.69) is 0 Å². The highest BCUT2D eigenvalue weighted by Gasteiger charge is 2.11. The number of hydrogen-bond acceptors (Lipinski definition) is 3. The van der Waals surface area contributed by atoms with Crippen LogP contribution in [0.3, 0.4) is 0 Å². The minimum Gasteiger partial charge on any atom is -0.493 e. The van der Waals surface area contributed by atoms with Gasteiger partial charge in [0, 0.05) is 12.2 Å². The maximum atomic E-state index is 11.4. The van der Waals surface area contributed by atoms with Crippen LogP contribution in [-0.2, 0) is 0 Å². The third kappa shape index (κ3) is 11.4. The van der Waals surface area contributed by atoms with Gasteiger partial charge < -0.3 is 14.9 Å². The van der Waals surface area contributed by atoms with Crippen LogP contribution in [0, 0.1) is 0 Å². The molecule has 0 aliphatic rings. The topological polar surface area (TPSA) is 66.8 Å². The minimum atomic E-state index is -0.933. The van der Waals surface area contributed by atoms with Crippen molar-refractivity contribution in [2.45, 2.75) is 89.9 Å². The van der Waals surface area contributed by atoms with Crippen molar-refractivity contribution in [1.82, 2.24) is 0 Å². The number of rotatable bonds is 19. The van der Waals surface area contributed by atoms with E-state index in [9.17, 15) is 9.90 Å². The molecule has 0 aliphatic heterocycles. The molecule has 0 saturated heterocycles. The predicted octanol–water partition coefficient (Wildman–Crippen LogP) is 7.88. The van der Waals surface area contributed by atoms with E-state index in [1.54, 1.807) is 12.1 Å². The number of aromatic carboxylic acids is 1. The van der Waals surface area contributed by atoms with Gasteiger partial charge in [0.1, 0.15) is 5.75 Å². The molecule has 0 aliphatic carbocycles. The lowest BCUT2D eigenvalue weighted by Crippen LogP contribution is -2.02. The Kier molecular flexibility index (Phi) is 14.0. The van der Waals surface area contributed by atoms with Gasteiger partial charge in [-0.15, -0.1) is 0 Å². The number of ether oxygens (including phenoxy) is 1. The second-order valence-electron chi connectivity index (χ2n) is 8.90. The van der Waals surface area contributed by atoms with E-state index in [1.807, 2.05) is 36.4 Å². The number of hydrogen-bond donors (Lipinski definition) is 2. The van der Waals surface area contributed by atoms with Crippen molar-refractivity contribution in [3.63, 3.8) is 0 Å². The number of carboxylic acids is 1. The van der Waals surface area contributed by atoms with Crippen LogP contribution < -0.4 is 4.74 Å². The molecule has 0 unspecified atom stereocenters. The molecule has 4 nitrogen and oxygen atoms in total. The summed E-state index contributed by atoms with van der Waals surface area (Å²) in [7, 11) is 0. The first-order chi connectivity index (χ1) is 16.2. The highest BCUT2D eigenvalue weighted by molar-refractivity contribution is 5.89. The number of carboxylic acid groups (broad SMARTS) is 1. The molecular formula is C29H42O4. The van der Waals surface area contributed by atoms with Crippen LogP contribution in [0.25, 0.3) is 11.1 Å². The lowest BCUT2D eigenvalue weighted by Gasteiger charge is -2.13. The second-order valence-corrected chi connectivity index (χ2v) is 8.90. The van der Waals surface area contributed by atoms with E-state index in [1.165, 1.54) is 70.6 Å². The van der Waals surface area contributed by atoms with E-state index >= 15 is 0 Å². The molecule has 33 heavy (non-hydrogen) atoms. The van der Waals surface area contributed by atoms with Crippen molar-refractivity contribution in [3.05, 3.63) is 54.1 Å². The fourth-order valence-electron chi connectivity index (χ4n) is 4.15. The Morgan fingerprint density at radius 2 is 1.18 bits per heavy atom. The number of unbranched alkanes of at least 4 members (excludes halogenated alkanes) is 13. The van der Waals surface area contributed by atoms with Gasteiger partial charge in [0.25, 0.3) is 0 Å². The summed E-state index contributed by atoms with van der Waals surface area (Å²) in [6.07, 6.45) is 17.4. The lowest BCUT2D eigenvalue weighted by atomic mass is 10.0. The largest absolute Gasteiger partial charge is 0.493 e. The van der Waals surface area contributed by atoms with Crippen molar-refractivity contribution < 1.29 is 19.7 Å². The van der Waals surface area contributed by atoms with Gasteiger partial charge in [-0.1, -0.05) is 107 Å². The summed E-state index contributed by atoms with van der Waals surface area (Å²) < 4.78 is 6.02. The number of aliphatic hydroxyl groups is 1. The van der Waals surface area contributed by atoms with Gasteiger partial charge in [-0.05, 0) is 36.6 Å². The lowest BCUT2D eigenvalue weighted by molar-refractivity contribution is 0.0696. The van der Waals surface area contributed by atoms with Gasteiger partial charge in [0.05, 0.1) is 12.2 Å². The molecule has 0 radical (unpaired) electrons. The van der Waals surface area contributed by atoms with Crippen molar-refractivity contribution in [2.75, 3.05) is 13.2 Å². The Hall–Kier alpha value is -2.33. The molecule has 0 spiro atoms. The van der Waals surface area contributed by atoms with Crippen LogP contribution in [0.4, 0.5) is 0 Å². The zero-order valence-electron chi connectivity index (χ0n) is 20.1. The fourth-order valence-corrected chi connectivity index (χ4v) is 4.15. The predicted molar refractivity (Wildman–Crippen MR) is 136 cm³/mol. The quantitative estimate of drug-likeness (QED) is 0.212. The van der Waals surface area contributed by atoms with E-state index < -0.39 is 5.97 Å². The highest BCUT2D eigenvalue weighted by Crippen LogP contribution is 2.31. The summed E-state index contributed by atoms with van der Waals surface area (Å²) >= 11 is 0. The van der Waals surface area contributed by atoms with Crippen LogP contribution in [0.2, 0.25) is 0 Å². The van der Waals surface area contributed by atoms with Crippen molar-refractivity contribution in [2.24, 2.45) is 0 Å². The molecule has 2 rings (SSSR count). The monoisotopic (exact) mass is 454 g/mol. The van der Waals surface area contributed by atoms with Crippen LogP contribution in [0.1, 0.15) is 100 Å². The van der Waals surface area contributed by atoms with Crippen LogP contribution in [0.5, 0.6) is 5.75 Å². The Balaban J connectivity index is 1.55. The van der Waals surface area contributed by atoms with Crippen molar-refractivity contribution in [3.8, 4) is 16.9 Å². The molecule has 0 aromatic heterocycles. The molecule has 182 valence electrons. The molecule has 2 N–H and O–H groups in total. The maximum absolute atomic E-state index is 11.4. The molecule has 4 heteroatoms. The zero-order valence-corrected chi connectivity index (χ0v) is 20.1. The van der Waals surface area contributed by atoms with Crippen LogP contribution >= 0.6 is 0 Å². The standard InChI is InChI=1S/C29H42O4/c30-22-16-11-9-7-5-3-1-2-4-6-8-10-12-17-23-33-28-24-26(29(31)32)20-21-27(28)25-18-14-13-15-19-25/h13-15,18-21,24,30H,1-12,16-17,22-23H2,(H,31,32). The minimum absolute atomic E-state index is 0.256. The summed E-state index contributed by atoms with van der Waals surface area (Å²) in [6, 6.07) is 15.1. The van der Waals surface area contributed by atoms with E-state index in [0.717, 1.165) is 30.4 Å². The first kappa shape index (κ1) is 26.9. The van der Waals surface area contributed by atoms with Gasteiger partial charge in [0.2, 0.25) is 0 Å². The molecule has 0 fully saturated rings. The fraction of sp³-hybridized carbons (Fsp3) is 0.552. The van der Waals surface area contributed by atoms with E-state index in [-0.39, 0.29) is 5.56 Å². The molecule has 0 atom stereocenters. The van der Waals surface area contributed by atoms with Gasteiger partial charge >= 0.3 is 5.97 Å². The van der Waals surface area contributed by atoms with Crippen LogP contribution in [0.15, 0.2) is 48.5 Å². The van der Waals surface area contributed by atoms with Crippen molar-refractivity contribution >= 4 is 5.97 Å². The smallest absolute Gasteiger partial charge is 0.335 e.